The zero-order valence-electron chi connectivity index (χ0n) is 13.7. The highest BCUT2D eigenvalue weighted by atomic mass is 16.6. The van der Waals surface area contributed by atoms with Gasteiger partial charge < -0.3 is 24.2 Å². The molecule has 0 saturated heterocycles. The van der Waals surface area contributed by atoms with Crippen LogP contribution in [0.2, 0.25) is 0 Å². The second-order valence-electron chi connectivity index (χ2n) is 4.72. The Morgan fingerprint density at radius 1 is 1.38 bits per heavy atom. The second-order valence-corrected chi connectivity index (χ2v) is 4.72. The molecule has 0 aliphatic carbocycles. The molecule has 8 heteroatoms. The standard InChI is InChI=1S/C16H19N3O5/c1-4-22-13-6-5-12(8-14(13)21-3)9-17-23-10-16(20)18-15-7-11(2)24-19-15/h5-9H,4,10H2,1-3H3,(H,18,19,20). The molecule has 2 rings (SSSR count). The van der Waals surface area contributed by atoms with Crippen LogP contribution in [-0.2, 0) is 9.63 Å². The minimum atomic E-state index is -0.385. The van der Waals surface area contributed by atoms with Crippen molar-refractivity contribution in [3.05, 3.63) is 35.6 Å². The number of nitrogens with one attached hydrogen (secondary N) is 1. The molecular formula is C16H19N3O5. The first-order valence-corrected chi connectivity index (χ1v) is 7.31. The van der Waals surface area contributed by atoms with Crippen LogP contribution < -0.4 is 14.8 Å². The van der Waals surface area contributed by atoms with Gasteiger partial charge in [-0.25, -0.2) is 0 Å². The molecule has 1 heterocycles. The number of oxime groups is 1. The largest absolute Gasteiger partial charge is 0.493 e. The van der Waals surface area contributed by atoms with Gasteiger partial charge in [0.2, 0.25) is 0 Å². The van der Waals surface area contributed by atoms with Gasteiger partial charge in [-0.2, -0.15) is 0 Å². The van der Waals surface area contributed by atoms with E-state index >= 15 is 0 Å². The molecule has 0 aliphatic heterocycles. The lowest BCUT2D eigenvalue weighted by molar-refractivity contribution is -0.120. The van der Waals surface area contributed by atoms with Gasteiger partial charge in [-0.15, -0.1) is 0 Å². The molecule has 0 radical (unpaired) electrons. The highest BCUT2D eigenvalue weighted by Gasteiger charge is 2.07. The predicted octanol–water partition coefficient (Wildman–Crippen LogP) is 2.38. The zero-order valence-corrected chi connectivity index (χ0v) is 13.7. The van der Waals surface area contributed by atoms with E-state index in [9.17, 15) is 4.79 Å². The summed E-state index contributed by atoms with van der Waals surface area (Å²) < 4.78 is 15.5. The molecular weight excluding hydrogens is 314 g/mol. The predicted molar refractivity (Wildman–Crippen MR) is 87.6 cm³/mol. The number of nitrogens with zero attached hydrogens (tertiary/aromatic N) is 2. The fraction of sp³-hybridized carbons (Fsp3) is 0.312. The van der Waals surface area contributed by atoms with E-state index in [1.165, 1.54) is 6.21 Å². The van der Waals surface area contributed by atoms with E-state index in [2.05, 4.69) is 15.6 Å². The van der Waals surface area contributed by atoms with Gasteiger partial charge in [0.1, 0.15) is 5.76 Å². The Hall–Kier alpha value is -3.03. The van der Waals surface area contributed by atoms with Gasteiger partial charge >= 0.3 is 0 Å². The van der Waals surface area contributed by atoms with Gasteiger partial charge in [0.05, 0.1) is 19.9 Å². The summed E-state index contributed by atoms with van der Waals surface area (Å²) in [5, 5.41) is 9.92. The van der Waals surface area contributed by atoms with E-state index in [4.69, 9.17) is 18.8 Å². The van der Waals surface area contributed by atoms with Crippen LogP contribution in [0.25, 0.3) is 0 Å². The van der Waals surface area contributed by atoms with Gasteiger partial charge in [-0.05, 0) is 32.0 Å². The van der Waals surface area contributed by atoms with Crippen LogP contribution in [0.15, 0.2) is 33.9 Å². The summed E-state index contributed by atoms with van der Waals surface area (Å²) in [5.74, 6) is 1.81. The summed E-state index contributed by atoms with van der Waals surface area (Å²) >= 11 is 0. The lowest BCUT2D eigenvalue weighted by atomic mass is 10.2. The van der Waals surface area contributed by atoms with Crippen LogP contribution in [0, 0.1) is 6.92 Å². The number of anilines is 1. The van der Waals surface area contributed by atoms with Crippen molar-refractivity contribution in [2.45, 2.75) is 13.8 Å². The van der Waals surface area contributed by atoms with E-state index in [0.29, 0.717) is 29.7 Å². The molecule has 0 spiro atoms. The van der Waals surface area contributed by atoms with Crippen molar-refractivity contribution in [1.82, 2.24) is 5.16 Å². The maximum absolute atomic E-state index is 11.6. The average Bonchev–Trinajstić information content (AvgIpc) is 2.97. The Balaban J connectivity index is 1.84. The Labute approximate surface area is 139 Å². The van der Waals surface area contributed by atoms with Crippen molar-refractivity contribution in [2.75, 3.05) is 25.6 Å². The number of carbonyl (C=O) groups excluding carboxylic acids is 1. The van der Waals surface area contributed by atoms with Crippen LogP contribution in [0.4, 0.5) is 5.82 Å². The fourth-order valence-corrected chi connectivity index (χ4v) is 1.84. The normalized spacial score (nSPS) is 10.6. The first-order valence-electron chi connectivity index (χ1n) is 7.31. The number of aryl methyl sites for hydroxylation is 1. The summed E-state index contributed by atoms with van der Waals surface area (Å²) in [6.45, 7) is 3.94. The Morgan fingerprint density at radius 3 is 2.88 bits per heavy atom. The summed E-state index contributed by atoms with van der Waals surface area (Å²) in [6.07, 6.45) is 1.48. The van der Waals surface area contributed by atoms with E-state index < -0.39 is 0 Å². The highest BCUT2D eigenvalue weighted by Crippen LogP contribution is 2.27. The maximum Gasteiger partial charge on any atom is 0.266 e. The summed E-state index contributed by atoms with van der Waals surface area (Å²) in [4.78, 5) is 16.6. The van der Waals surface area contributed by atoms with Crippen LogP contribution >= 0.6 is 0 Å². The summed E-state index contributed by atoms with van der Waals surface area (Å²) in [5.41, 5.74) is 0.753. The van der Waals surface area contributed by atoms with Gasteiger partial charge in [0, 0.05) is 11.6 Å². The molecule has 0 unspecified atom stereocenters. The van der Waals surface area contributed by atoms with Crippen molar-refractivity contribution in [3.63, 3.8) is 0 Å². The van der Waals surface area contributed by atoms with E-state index in [0.717, 1.165) is 5.56 Å². The number of hydrogen-bond acceptors (Lipinski definition) is 7. The fourth-order valence-electron chi connectivity index (χ4n) is 1.84. The molecule has 24 heavy (non-hydrogen) atoms. The van der Waals surface area contributed by atoms with Crippen molar-refractivity contribution >= 4 is 17.9 Å². The third-order valence-electron chi connectivity index (χ3n) is 2.85. The van der Waals surface area contributed by atoms with Crippen molar-refractivity contribution in [3.8, 4) is 11.5 Å². The van der Waals surface area contributed by atoms with E-state index in [1.54, 1.807) is 38.3 Å². The number of amides is 1. The number of hydrogen-bond donors (Lipinski definition) is 1. The molecule has 1 amide bonds. The lowest BCUT2D eigenvalue weighted by Gasteiger charge is -2.09. The Morgan fingerprint density at radius 2 is 2.21 bits per heavy atom. The molecule has 0 bridgehead atoms. The lowest BCUT2D eigenvalue weighted by Crippen LogP contribution is -2.17. The SMILES string of the molecule is CCOc1ccc(C=NOCC(=O)Nc2cc(C)on2)cc1OC. The third-order valence-corrected chi connectivity index (χ3v) is 2.85. The van der Waals surface area contributed by atoms with Crippen LogP contribution in [0.5, 0.6) is 11.5 Å². The zero-order chi connectivity index (χ0) is 17.4. The molecule has 2 aromatic rings. The molecule has 0 fully saturated rings. The van der Waals surface area contributed by atoms with E-state index in [1.807, 2.05) is 6.92 Å². The van der Waals surface area contributed by atoms with Gasteiger partial charge in [0.25, 0.3) is 5.91 Å². The molecule has 1 aromatic carbocycles. The van der Waals surface area contributed by atoms with Gasteiger partial charge in [0.15, 0.2) is 23.9 Å². The monoisotopic (exact) mass is 333 g/mol. The molecule has 1 aromatic heterocycles. The molecule has 8 nitrogen and oxygen atoms in total. The summed E-state index contributed by atoms with van der Waals surface area (Å²) in [6, 6.07) is 6.95. The average molecular weight is 333 g/mol. The number of benzene rings is 1. The Kier molecular flexibility index (Phi) is 6.18. The molecule has 128 valence electrons. The minimum absolute atomic E-state index is 0.240. The Bertz CT molecular complexity index is 711. The topological polar surface area (TPSA) is 95.2 Å². The number of carbonyl (C=O) groups is 1. The number of aromatic nitrogens is 1. The second kappa shape index (κ2) is 8.56. The first-order chi connectivity index (χ1) is 11.6. The molecule has 0 saturated carbocycles. The van der Waals surface area contributed by atoms with Gasteiger partial charge in [-0.1, -0.05) is 10.3 Å². The summed E-state index contributed by atoms with van der Waals surface area (Å²) in [7, 11) is 1.56. The molecule has 1 N–H and O–H groups in total. The number of ether oxygens (including phenoxy) is 2. The smallest absolute Gasteiger partial charge is 0.266 e. The number of rotatable bonds is 8. The third kappa shape index (κ3) is 5.01. The van der Waals surface area contributed by atoms with E-state index in [-0.39, 0.29) is 12.5 Å². The van der Waals surface area contributed by atoms with Crippen molar-refractivity contribution in [1.29, 1.82) is 0 Å². The van der Waals surface area contributed by atoms with Crippen LogP contribution in [0.3, 0.4) is 0 Å². The minimum Gasteiger partial charge on any atom is -0.493 e. The van der Waals surface area contributed by atoms with Crippen LogP contribution in [0.1, 0.15) is 18.2 Å². The van der Waals surface area contributed by atoms with Crippen molar-refractivity contribution < 1.29 is 23.6 Å². The highest BCUT2D eigenvalue weighted by molar-refractivity contribution is 5.90. The molecule has 0 aliphatic rings. The number of methoxy groups -OCH3 is 1. The van der Waals surface area contributed by atoms with Crippen molar-refractivity contribution in [2.24, 2.45) is 5.16 Å². The first kappa shape index (κ1) is 17.3. The maximum atomic E-state index is 11.6. The van der Waals surface area contributed by atoms with Crippen LogP contribution in [-0.4, -0.2) is 37.6 Å². The quantitative estimate of drug-likeness (QED) is 0.589. The van der Waals surface area contributed by atoms with Gasteiger partial charge in [-0.3, -0.25) is 4.79 Å². The molecule has 0 atom stereocenters.